The lowest BCUT2D eigenvalue weighted by molar-refractivity contribution is 0.267. The Hall–Kier alpha value is -1.30. The van der Waals surface area contributed by atoms with Crippen molar-refractivity contribution in [2.75, 3.05) is 6.61 Å². The normalized spacial score (nSPS) is 14.7. The Labute approximate surface area is 187 Å². The molecular weight excluding hydrogens is 457 g/mol. The Bertz CT molecular complexity index is 749. The average molecular weight is 487 g/mol. The van der Waals surface area contributed by atoms with Gasteiger partial charge in [0.25, 0.3) is 0 Å². The monoisotopic (exact) mass is 485 g/mol. The summed E-state index contributed by atoms with van der Waals surface area (Å²) in [4.78, 5) is 0. The second kappa shape index (κ2) is 12.4. The minimum atomic E-state index is -0.245. The molecule has 3 nitrogen and oxygen atoms in total. The SMILES string of the molecule is CCOc1cc(CNC2CCCCCC2)cc(Br)c1OCc1ccc(F)cc1.Cl. The third-order valence-corrected chi connectivity index (χ3v) is 5.70. The fourth-order valence-corrected chi connectivity index (χ4v) is 4.21. The molecule has 0 unspecified atom stereocenters. The molecule has 1 N–H and O–H groups in total. The molecule has 0 amide bonds. The first-order valence-corrected chi connectivity index (χ1v) is 11.0. The summed E-state index contributed by atoms with van der Waals surface area (Å²) in [6.07, 6.45) is 7.89. The predicted octanol–water partition coefficient (Wildman–Crippen LogP) is 6.80. The van der Waals surface area contributed by atoms with Gasteiger partial charge < -0.3 is 14.8 Å². The van der Waals surface area contributed by atoms with Crippen LogP contribution in [0.25, 0.3) is 0 Å². The van der Waals surface area contributed by atoms with Gasteiger partial charge in [-0.2, -0.15) is 0 Å². The van der Waals surface area contributed by atoms with Crippen molar-refractivity contribution in [3.8, 4) is 11.5 Å². The van der Waals surface area contributed by atoms with Crippen molar-refractivity contribution < 1.29 is 13.9 Å². The van der Waals surface area contributed by atoms with E-state index >= 15 is 0 Å². The van der Waals surface area contributed by atoms with E-state index in [-0.39, 0.29) is 18.2 Å². The summed E-state index contributed by atoms with van der Waals surface area (Å²) >= 11 is 3.64. The number of hydrogen-bond acceptors (Lipinski definition) is 3. The van der Waals surface area contributed by atoms with E-state index < -0.39 is 0 Å². The van der Waals surface area contributed by atoms with Gasteiger partial charge in [0.1, 0.15) is 12.4 Å². The van der Waals surface area contributed by atoms with E-state index in [9.17, 15) is 4.39 Å². The molecule has 2 aromatic rings. The van der Waals surface area contributed by atoms with E-state index in [0.29, 0.717) is 25.0 Å². The van der Waals surface area contributed by atoms with Crippen molar-refractivity contribution in [2.45, 2.75) is 64.6 Å². The molecule has 2 aromatic carbocycles. The molecule has 3 rings (SSSR count). The van der Waals surface area contributed by atoms with E-state index in [1.165, 1.54) is 56.2 Å². The maximum atomic E-state index is 13.1. The second-order valence-electron chi connectivity index (χ2n) is 7.32. The van der Waals surface area contributed by atoms with E-state index in [0.717, 1.165) is 22.3 Å². The molecule has 29 heavy (non-hydrogen) atoms. The Kier molecular flexibility index (Phi) is 10.3. The number of benzene rings is 2. The molecule has 0 saturated heterocycles. The van der Waals surface area contributed by atoms with Gasteiger partial charge in [-0.05, 0) is 71.1 Å². The zero-order chi connectivity index (χ0) is 19.8. The molecule has 0 aliphatic heterocycles. The van der Waals surface area contributed by atoms with Crippen LogP contribution in [0.2, 0.25) is 0 Å². The van der Waals surface area contributed by atoms with Crippen molar-refractivity contribution in [1.29, 1.82) is 0 Å². The van der Waals surface area contributed by atoms with Crippen LogP contribution in [0.4, 0.5) is 4.39 Å². The third kappa shape index (κ3) is 7.47. The first-order chi connectivity index (χ1) is 13.7. The summed E-state index contributed by atoms with van der Waals surface area (Å²) in [5.74, 6) is 1.17. The zero-order valence-electron chi connectivity index (χ0n) is 16.9. The number of hydrogen-bond donors (Lipinski definition) is 1. The topological polar surface area (TPSA) is 30.5 Å². The van der Waals surface area contributed by atoms with Crippen LogP contribution in [0.3, 0.4) is 0 Å². The van der Waals surface area contributed by atoms with Gasteiger partial charge in [-0.3, -0.25) is 0 Å². The number of rotatable bonds is 8. The van der Waals surface area contributed by atoms with Crippen LogP contribution in [0, 0.1) is 5.82 Å². The van der Waals surface area contributed by atoms with Crippen LogP contribution in [-0.4, -0.2) is 12.6 Å². The molecule has 0 bridgehead atoms. The molecule has 1 aliphatic carbocycles. The Morgan fingerprint density at radius 3 is 2.34 bits per heavy atom. The lowest BCUT2D eigenvalue weighted by atomic mass is 10.1. The average Bonchev–Trinajstić information content (AvgIpc) is 2.96. The maximum Gasteiger partial charge on any atom is 0.175 e. The molecule has 0 atom stereocenters. The molecule has 1 saturated carbocycles. The molecule has 6 heteroatoms. The molecule has 160 valence electrons. The summed E-state index contributed by atoms with van der Waals surface area (Å²) in [6, 6.07) is 11.1. The van der Waals surface area contributed by atoms with E-state index in [1.807, 2.05) is 6.92 Å². The van der Waals surface area contributed by atoms with Crippen LogP contribution < -0.4 is 14.8 Å². The fourth-order valence-electron chi connectivity index (χ4n) is 3.61. The summed E-state index contributed by atoms with van der Waals surface area (Å²) < 4.78 is 25.8. The Morgan fingerprint density at radius 1 is 1.00 bits per heavy atom. The van der Waals surface area contributed by atoms with Crippen molar-refractivity contribution in [3.63, 3.8) is 0 Å². The van der Waals surface area contributed by atoms with Gasteiger partial charge in [-0.1, -0.05) is 37.8 Å². The molecule has 1 fully saturated rings. The quantitative estimate of drug-likeness (QED) is 0.416. The highest BCUT2D eigenvalue weighted by molar-refractivity contribution is 9.10. The number of nitrogens with one attached hydrogen (secondary N) is 1. The fraction of sp³-hybridized carbons (Fsp3) is 0.478. The van der Waals surface area contributed by atoms with Gasteiger partial charge in [-0.25, -0.2) is 4.39 Å². The minimum absolute atomic E-state index is 0. The standard InChI is InChI=1S/C23H29BrFNO2.ClH/c1-2-27-22-14-18(15-26-20-7-5-3-4-6-8-20)13-21(24)23(22)28-16-17-9-11-19(25)12-10-17;/h9-14,20,26H,2-8,15-16H2,1H3;1H. The van der Waals surface area contributed by atoms with Gasteiger partial charge in [0, 0.05) is 12.6 Å². The highest BCUT2D eigenvalue weighted by atomic mass is 79.9. The Balaban J connectivity index is 0.00000300. The van der Waals surface area contributed by atoms with Crippen LogP contribution in [0.1, 0.15) is 56.6 Å². The summed E-state index contributed by atoms with van der Waals surface area (Å²) in [7, 11) is 0. The molecule has 0 heterocycles. The summed E-state index contributed by atoms with van der Waals surface area (Å²) in [5.41, 5.74) is 2.09. The largest absolute Gasteiger partial charge is 0.490 e. The predicted molar refractivity (Wildman–Crippen MR) is 122 cm³/mol. The minimum Gasteiger partial charge on any atom is -0.490 e. The van der Waals surface area contributed by atoms with Crippen LogP contribution >= 0.6 is 28.3 Å². The van der Waals surface area contributed by atoms with Crippen molar-refractivity contribution in [2.24, 2.45) is 0 Å². The highest BCUT2D eigenvalue weighted by Crippen LogP contribution is 2.37. The van der Waals surface area contributed by atoms with Crippen molar-refractivity contribution in [1.82, 2.24) is 5.32 Å². The maximum absolute atomic E-state index is 13.1. The highest BCUT2D eigenvalue weighted by Gasteiger charge is 2.15. The molecule has 0 aromatic heterocycles. The molecule has 0 spiro atoms. The van der Waals surface area contributed by atoms with Gasteiger partial charge in [-0.15, -0.1) is 12.4 Å². The van der Waals surface area contributed by atoms with Gasteiger partial charge >= 0.3 is 0 Å². The van der Waals surface area contributed by atoms with Crippen LogP contribution in [-0.2, 0) is 13.2 Å². The second-order valence-corrected chi connectivity index (χ2v) is 8.18. The number of ether oxygens (including phenoxy) is 2. The van der Waals surface area contributed by atoms with E-state index in [2.05, 4.69) is 33.4 Å². The van der Waals surface area contributed by atoms with E-state index in [1.54, 1.807) is 12.1 Å². The molecule has 1 aliphatic rings. The first-order valence-electron chi connectivity index (χ1n) is 10.2. The lowest BCUT2D eigenvalue weighted by Gasteiger charge is -2.19. The first kappa shape index (κ1) is 24.0. The smallest absolute Gasteiger partial charge is 0.175 e. The Morgan fingerprint density at radius 2 is 1.69 bits per heavy atom. The summed E-state index contributed by atoms with van der Waals surface area (Å²) in [6.45, 7) is 3.72. The van der Waals surface area contributed by atoms with Crippen LogP contribution in [0.15, 0.2) is 40.9 Å². The van der Waals surface area contributed by atoms with Crippen LogP contribution in [0.5, 0.6) is 11.5 Å². The van der Waals surface area contributed by atoms with E-state index in [4.69, 9.17) is 9.47 Å². The van der Waals surface area contributed by atoms with Gasteiger partial charge in [0.15, 0.2) is 11.5 Å². The zero-order valence-corrected chi connectivity index (χ0v) is 19.3. The van der Waals surface area contributed by atoms with Gasteiger partial charge in [0.05, 0.1) is 11.1 Å². The van der Waals surface area contributed by atoms with Gasteiger partial charge in [0.2, 0.25) is 0 Å². The van der Waals surface area contributed by atoms with Crippen molar-refractivity contribution in [3.05, 3.63) is 57.8 Å². The number of halogens is 3. The lowest BCUT2D eigenvalue weighted by Crippen LogP contribution is -2.27. The molecule has 0 radical (unpaired) electrons. The summed E-state index contributed by atoms with van der Waals surface area (Å²) in [5, 5.41) is 3.70. The third-order valence-electron chi connectivity index (χ3n) is 5.12. The van der Waals surface area contributed by atoms with Crippen molar-refractivity contribution >= 4 is 28.3 Å². The molecular formula is C23H30BrClFNO2.